The Hall–Kier alpha value is -1.56. The predicted molar refractivity (Wildman–Crippen MR) is 73.7 cm³/mol. The Labute approximate surface area is 109 Å². The van der Waals surface area contributed by atoms with Gasteiger partial charge in [-0.15, -0.1) is 0 Å². The fourth-order valence-corrected chi connectivity index (χ4v) is 2.05. The van der Waals surface area contributed by atoms with Crippen molar-refractivity contribution in [3.05, 3.63) is 33.7 Å². The van der Waals surface area contributed by atoms with E-state index in [1.165, 1.54) is 0 Å². The third-order valence-electron chi connectivity index (χ3n) is 3.26. The molecule has 1 unspecified atom stereocenters. The molecular formula is C15H22N2O. The molecule has 1 rings (SSSR count). The lowest BCUT2D eigenvalue weighted by molar-refractivity contribution is 0.437. The second kappa shape index (κ2) is 5.39. The highest BCUT2D eigenvalue weighted by Gasteiger charge is 2.22. The van der Waals surface area contributed by atoms with Gasteiger partial charge in [-0.25, -0.2) is 0 Å². The van der Waals surface area contributed by atoms with Crippen molar-refractivity contribution in [1.29, 1.82) is 5.26 Å². The fourth-order valence-electron chi connectivity index (χ4n) is 2.05. The average Bonchev–Trinajstić information content (AvgIpc) is 2.29. The summed E-state index contributed by atoms with van der Waals surface area (Å²) in [7, 11) is 0. The number of nitriles is 1. The van der Waals surface area contributed by atoms with Gasteiger partial charge >= 0.3 is 0 Å². The zero-order chi connectivity index (χ0) is 13.9. The lowest BCUT2D eigenvalue weighted by Gasteiger charge is -2.27. The van der Waals surface area contributed by atoms with Crippen LogP contribution in [0.2, 0.25) is 0 Å². The molecule has 0 saturated carbocycles. The Balaban J connectivity index is 3.53. The molecule has 1 aromatic rings. The molecule has 0 aliphatic heterocycles. The maximum atomic E-state index is 12.4. The SMILES string of the molecule is CCC(C)n1c(C(C)(C)C)ccc(CC#N)c1=O. The van der Waals surface area contributed by atoms with Crippen LogP contribution in [0.3, 0.4) is 0 Å². The zero-order valence-electron chi connectivity index (χ0n) is 11.9. The minimum atomic E-state index is -0.0756. The molecule has 0 fully saturated rings. The number of nitrogens with zero attached hydrogens (tertiary/aromatic N) is 2. The van der Waals surface area contributed by atoms with Crippen molar-refractivity contribution in [1.82, 2.24) is 4.57 Å². The van der Waals surface area contributed by atoms with Crippen LogP contribution in [0.1, 0.15) is 58.3 Å². The third-order valence-corrected chi connectivity index (χ3v) is 3.26. The molecule has 1 aromatic heterocycles. The molecule has 0 aromatic carbocycles. The quantitative estimate of drug-likeness (QED) is 0.822. The first-order valence-electron chi connectivity index (χ1n) is 6.44. The number of hydrogen-bond donors (Lipinski definition) is 0. The van der Waals surface area contributed by atoms with E-state index in [0.29, 0.717) is 5.56 Å². The summed E-state index contributed by atoms with van der Waals surface area (Å²) in [4.78, 5) is 12.4. The first kappa shape index (κ1) is 14.5. The molecule has 1 heterocycles. The van der Waals surface area contributed by atoms with Crippen LogP contribution >= 0.6 is 0 Å². The minimum Gasteiger partial charge on any atom is -0.309 e. The number of rotatable bonds is 3. The summed E-state index contributed by atoms with van der Waals surface area (Å²) < 4.78 is 1.85. The Morgan fingerprint density at radius 3 is 2.44 bits per heavy atom. The topological polar surface area (TPSA) is 45.8 Å². The highest BCUT2D eigenvalue weighted by atomic mass is 16.1. The van der Waals surface area contributed by atoms with Crippen LogP contribution in [0, 0.1) is 11.3 Å². The molecule has 0 amide bonds. The van der Waals surface area contributed by atoms with E-state index in [4.69, 9.17) is 5.26 Å². The largest absolute Gasteiger partial charge is 0.309 e. The van der Waals surface area contributed by atoms with E-state index < -0.39 is 0 Å². The highest BCUT2D eigenvalue weighted by molar-refractivity contribution is 5.23. The Kier molecular flexibility index (Phi) is 4.34. The number of hydrogen-bond acceptors (Lipinski definition) is 2. The van der Waals surface area contributed by atoms with Gasteiger partial charge in [0.2, 0.25) is 0 Å². The van der Waals surface area contributed by atoms with Gasteiger partial charge in [0, 0.05) is 22.7 Å². The molecular weight excluding hydrogens is 224 g/mol. The molecule has 1 atom stereocenters. The van der Waals surface area contributed by atoms with E-state index in [2.05, 4.69) is 33.8 Å². The van der Waals surface area contributed by atoms with Crippen LogP contribution in [0.5, 0.6) is 0 Å². The normalized spacial score (nSPS) is 13.1. The molecule has 0 bridgehead atoms. The highest BCUT2D eigenvalue weighted by Crippen LogP contribution is 2.24. The Bertz CT molecular complexity index is 515. The standard InChI is InChI=1S/C15H22N2O/c1-6-11(2)17-13(15(3,4)5)8-7-12(9-10-16)14(17)18/h7-8,11H,6,9H2,1-5H3. The summed E-state index contributed by atoms with van der Waals surface area (Å²) >= 11 is 0. The van der Waals surface area contributed by atoms with Gasteiger partial charge in [0.1, 0.15) is 0 Å². The van der Waals surface area contributed by atoms with E-state index in [1.807, 2.05) is 17.6 Å². The van der Waals surface area contributed by atoms with Gasteiger partial charge in [-0.05, 0) is 19.4 Å². The van der Waals surface area contributed by atoms with Gasteiger partial charge < -0.3 is 4.57 Å². The van der Waals surface area contributed by atoms with Crippen LogP contribution in [0.4, 0.5) is 0 Å². The minimum absolute atomic E-state index is 0.0154. The molecule has 0 spiro atoms. The van der Waals surface area contributed by atoms with Crippen LogP contribution in [-0.4, -0.2) is 4.57 Å². The van der Waals surface area contributed by atoms with Crippen LogP contribution in [0.25, 0.3) is 0 Å². The summed E-state index contributed by atoms with van der Waals surface area (Å²) in [6.07, 6.45) is 1.08. The lowest BCUT2D eigenvalue weighted by Crippen LogP contribution is -2.33. The summed E-state index contributed by atoms with van der Waals surface area (Å²) in [6.45, 7) is 10.4. The lowest BCUT2D eigenvalue weighted by atomic mass is 9.90. The van der Waals surface area contributed by atoms with Gasteiger partial charge in [0.25, 0.3) is 5.56 Å². The molecule has 0 radical (unpaired) electrons. The molecule has 3 nitrogen and oxygen atoms in total. The summed E-state index contributed by atoms with van der Waals surface area (Å²) in [5.74, 6) is 0. The average molecular weight is 246 g/mol. The van der Waals surface area contributed by atoms with E-state index in [-0.39, 0.29) is 23.4 Å². The summed E-state index contributed by atoms with van der Waals surface area (Å²) in [6, 6.07) is 5.99. The summed E-state index contributed by atoms with van der Waals surface area (Å²) in [5.41, 5.74) is 1.53. The zero-order valence-corrected chi connectivity index (χ0v) is 11.9. The monoisotopic (exact) mass is 246 g/mol. The summed E-state index contributed by atoms with van der Waals surface area (Å²) in [5, 5.41) is 8.76. The van der Waals surface area contributed by atoms with Gasteiger partial charge in [0.05, 0.1) is 12.5 Å². The maximum absolute atomic E-state index is 12.4. The van der Waals surface area contributed by atoms with Crippen LogP contribution in [-0.2, 0) is 11.8 Å². The van der Waals surface area contributed by atoms with Crippen molar-refractivity contribution in [2.45, 2.75) is 58.9 Å². The molecule has 18 heavy (non-hydrogen) atoms. The first-order chi connectivity index (χ1) is 8.32. The second-order valence-corrected chi connectivity index (χ2v) is 5.76. The van der Waals surface area contributed by atoms with E-state index in [9.17, 15) is 4.79 Å². The second-order valence-electron chi connectivity index (χ2n) is 5.76. The van der Waals surface area contributed by atoms with Crippen molar-refractivity contribution in [2.75, 3.05) is 0 Å². The van der Waals surface area contributed by atoms with Crippen molar-refractivity contribution in [3.63, 3.8) is 0 Å². The van der Waals surface area contributed by atoms with Crippen molar-refractivity contribution in [2.24, 2.45) is 0 Å². The van der Waals surface area contributed by atoms with Crippen molar-refractivity contribution >= 4 is 0 Å². The molecule has 0 aliphatic rings. The third kappa shape index (κ3) is 2.81. The maximum Gasteiger partial charge on any atom is 0.255 e. The van der Waals surface area contributed by atoms with E-state index >= 15 is 0 Å². The van der Waals surface area contributed by atoms with E-state index in [1.54, 1.807) is 6.07 Å². The van der Waals surface area contributed by atoms with Gasteiger partial charge in [0.15, 0.2) is 0 Å². The predicted octanol–water partition coefficient (Wildman–Crippen LogP) is 3.18. The van der Waals surface area contributed by atoms with E-state index in [0.717, 1.165) is 12.1 Å². The number of aromatic nitrogens is 1. The van der Waals surface area contributed by atoms with Gasteiger partial charge in [-0.1, -0.05) is 33.8 Å². The smallest absolute Gasteiger partial charge is 0.255 e. The molecule has 0 aliphatic carbocycles. The van der Waals surface area contributed by atoms with Crippen molar-refractivity contribution in [3.8, 4) is 6.07 Å². The van der Waals surface area contributed by atoms with Crippen molar-refractivity contribution < 1.29 is 0 Å². The molecule has 3 heteroatoms. The number of pyridine rings is 1. The van der Waals surface area contributed by atoms with Crippen LogP contribution in [0.15, 0.2) is 16.9 Å². The van der Waals surface area contributed by atoms with Gasteiger partial charge in [-0.2, -0.15) is 5.26 Å². The molecule has 98 valence electrons. The molecule has 0 N–H and O–H groups in total. The molecule has 0 saturated heterocycles. The fraction of sp³-hybridized carbons (Fsp3) is 0.600. The van der Waals surface area contributed by atoms with Gasteiger partial charge in [-0.3, -0.25) is 4.79 Å². The Morgan fingerprint density at radius 2 is 2.00 bits per heavy atom. The Morgan fingerprint density at radius 1 is 1.39 bits per heavy atom. The first-order valence-corrected chi connectivity index (χ1v) is 6.44. The van der Waals surface area contributed by atoms with Crippen LogP contribution < -0.4 is 5.56 Å².